The molecule has 0 aromatic rings. The second-order valence-electron chi connectivity index (χ2n) is 7.17. The van der Waals surface area contributed by atoms with E-state index in [1.165, 1.54) is 0 Å². The summed E-state index contributed by atoms with van der Waals surface area (Å²) in [4.78, 5) is 0. The van der Waals surface area contributed by atoms with Crippen LogP contribution in [0.15, 0.2) is 0 Å². The average molecular weight is 229 g/mol. The van der Waals surface area contributed by atoms with Crippen LogP contribution in [-0.2, 0) is 4.74 Å². The normalized spacial score (nSPS) is 17.2. The largest absolute Gasteiger partial charge is 0.373 e. The van der Waals surface area contributed by atoms with Crippen molar-refractivity contribution in [1.82, 2.24) is 5.32 Å². The molecule has 0 heterocycles. The first-order valence-corrected chi connectivity index (χ1v) is 6.30. The summed E-state index contributed by atoms with van der Waals surface area (Å²) in [5.74, 6) is 0. The summed E-state index contributed by atoms with van der Waals surface area (Å²) in [5, 5.41) is 3.13. The molecule has 0 amide bonds. The molecule has 2 nitrogen and oxygen atoms in total. The summed E-state index contributed by atoms with van der Waals surface area (Å²) in [6.07, 6.45) is 1.08. The second kappa shape index (κ2) is 5.50. The van der Waals surface area contributed by atoms with Gasteiger partial charge in [0.2, 0.25) is 0 Å². The van der Waals surface area contributed by atoms with E-state index in [-0.39, 0.29) is 11.0 Å². The van der Waals surface area contributed by atoms with Crippen LogP contribution in [0.25, 0.3) is 0 Å². The molecule has 0 saturated carbocycles. The van der Waals surface area contributed by atoms with Crippen LogP contribution >= 0.6 is 0 Å². The summed E-state index contributed by atoms with van der Waals surface area (Å²) in [6.45, 7) is 17.5. The number of nitrogens with one attached hydrogen (secondary N) is 1. The highest BCUT2D eigenvalue weighted by Crippen LogP contribution is 2.41. The molecule has 0 fully saturated rings. The van der Waals surface area contributed by atoms with E-state index in [2.05, 4.69) is 53.8 Å². The third-order valence-electron chi connectivity index (χ3n) is 3.23. The predicted molar refractivity (Wildman–Crippen MR) is 71.8 cm³/mol. The van der Waals surface area contributed by atoms with Gasteiger partial charge in [-0.3, -0.25) is 0 Å². The predicted octanol–water partition coefficient (Wildman–Crippen LogP) is 3.46. The molecule has 0 saturated heterocycles. The molecule has 1 N–H and O–H groups in total. The van der Waals surface area contributed by atoms with Gasteiger partial charge in [0.25, 0.3) is 0 Å². The van der Waals surface area contributed by atoms with Crippen LogP contribution in [0.2, 0.25) is 0 Å². The van der Waals surface area contributed by atoms with Gasteiger partial charge >= 0.3 is 0 Å². The third kappa shape index (κ3) is 5.31. The monoisotopic (exact) mass is 229 g/mol. The van der Waals surface area contributed by atoms with Gasteiger partial charge in [-0.25, -0.2) is 0 Å². The molecule has 0 aliphatic rings. The fourth-order valence-corrected chi connectivity index (χ4v) is 1.92. The van der Waals surface area contributed by atoms with Gasteiger partial charge in [-0.2, -0.15) is 0 Å². The summed E-state index contributed by atoms with van der Waals surface area (Å²) >= 11 is 0. The number of ether oxygens (including phenoxy) is 1. The Morgan fingerprint density at radius 2 is 1.44 bits per heavy atom. The topological polar surface area (TPSA) is 21.3 Å². The van der Waals surface area contributed by atoms with Crippen molar-refractivity contribution in [3.8, 4) is 0 Å². The third-order valence-corrected chi connectivity index (χ3v) is 3.23. The molecule has 2 heteroatoms. The van der Waals surface area contributed by atoms with Crippen molar-refractivity contribution in [2.24, 2.45) is 10.8 Å². The van der Waals surface area contributed by atoms with Crippen LogP contribution in [0.4, 0.5) is 0 Å². The van der Waals surface area contributed by atoms with E-state index in [1.54, 1.807) is 0 Å². The zero-order valence-electron chi connectivity index (χ0n) is 12.5. The smallest absolute Gasteiger partial charge is 0.0708 e. The van der Waals surface area contributed by atoms with Crippen molar-refractivity contribution < 1.29 is 4.74 Å². The molecule has 0 radical (unpaired) electrons. The molecule has 0 rings (SSSR count). The fourth-order valence-electron chi connectivity index (χ4n) is 1.92. The molecule has 0 aliphatic carbocycles. The maximum Gasteiger partial charge on any atom is 0.0708 e. The minimum atomic E-state index is -0.0674. The lowest BCUT2D eigenvalue weighted by Crippen LogP contribution is -2.46. The highest BCUT2D eigenvalue weighted by Gasteiger charge is 2.41. The summed E-state index contributed by atoms with van der Waals surface area (Å²) in [5.41, 5.74) is 0.387. The SMILES string of the molecule is CNCCOC(C)(CC(C)(C)C)C(C)(C)C. The van der Waals surface area contributed by atoms with Crippen LogP contribution in [0.1, 0.15) is 54.9 Å². The Balaban J connectivity index is 4.63. The molecule has 0 aromatic heterocycles. The molecule has 16 heavy (non-hydrogen) atoms. The number of likely N-dealkylation sites (N-methyl/N-ethyl adjacent to an activating group) is 1. The van der Waals surface area contributed by atoms with Crippen molar-refractivity contribution in [2.75, 3.05) is 20.2 Å². The number of hydrogen-bond acceptors (Lipinski definition) is 2. The number of rotatable bonds is 5. The van der Waals surface area contributed by atoms with E-state index >= 15 is 0 Å². The zero-order chi connectivity index (χ0) is 13.0. The summed E-state index contributed by atoms with van der Waals surface area (Å²) in [6, 6.07) is 0. The second-order valence-corrected chi connectivity index (χ2v) is 7.17. The maximum absolute atomic E-state index is 6.15. The first-order chi connectivity index (χ1) is 7.02. The molecule has 0 bridgehead atoms. The molecule has 0 aliphatic heterocycles. The van der Waals surface area contributed by atoms with Crippen molar-refractivity contribution in [3.05, 3.63) is 0 Å². The standard InChI is InChI=1S/C14H31NO/c1-12(2,3)11-14(7,13(4,5)6)16-10-9-15-8/h15H,9-11H2,1-8H3. The Bertz CT molecular complexity index is 200. The minimum Gasteiger partial charge on any atom is -0.373 e. The Kier molecular flexibility index (Phi) is 5.48. The van der Waals surface area contributed by atoms with Gasteiger partial charge in [0.15, 0.2) is 0 Å². The van der Waals surface area contributed by atoms with Gasteiger partial charge in [0, 0.05) is 6.54 Å². The van der Waals surface area contributed by atoms with E-state index < -0.39 is 0 Å². The maximum atomic E-state index is 6.15. The fraction of sp³-hybridized carbons (Fsp3) is 1.00. The Morgan fingerprint density at radius 3 is 1.75 bits per heavy atom. The average Bonchev–Trinajstić information content (AvgIpc) is 1.99. The van der Waals surface area contributed by atoms with Crippen molar-refractivity contribution in [3.63, 3.8) is 0 Å². The molecule has 1 unspecified atom stereocenters. The van der Waals surface area contributed by atoms with Crippen LogP contribution in [0.5, 0.6) is 0 Å². The molecular weight excluding hydrogens is 198 g/mol. The highest BCUT2D eigenvalue weighted by molar-refractivity contribution is 4.91. The Morgan fingerprint density at radius 1 is 0.938 bits per heavy atom. The van der Waals surface area contributed by atoms with Crippen LogP contribution < -0.4 is 5.32 Å². The lowest BCUT2D eigenvalue weighted by molar-refractivity contribution is -0.123. The van der Waals surface area contributed by atoms with Crippen molar-refractivity contribution >= 4 is 0 Å². The zero-order valence-corrected chi connectivity index (χ0v) is 12.5. The van der Waals surface area contributed by atoms with Crippen LogP contribution in [-0.4, -0.2) is 25.8 Å². The van der Waals surface area contributed by atoms with E-state index in [1.807, 2.05) is 7.05 Å². The molecule has 0 aromatic carbocycles. The van der Waals surface area contributed by atoms with Gasteiger partial charge in [0.1, 0.15) is 0 Å². The van der Waals surface area contributed by atoms with Gasteiger partial charge in [-0.1, -0.05) is 41.5 Å². The van der Waals surface area contributed by atoms with E-state index in [0.717, 1.165) is 19.6 Å². The van der Waals surface area contributed by atoms with Crippen molar-refractivity contribution in [2.45, 2.75) is 60.5 Å². The summed E-state index contributed by atoms with van der Waals surface area (Å²) in [7, 11) is 1.96. The first-order valence-electron chi connectivity index (χ1n) is 6.30. The van der Waals surface area contributed by atoms with Gasteiger partial charge in [0.05, 0.1) is 12.2 Å². The van der Waals surface area contributed by atoms with Gasteiger partial charge < -0.3 is 10.1 Å². The van der Waals surface area contributed by atoms with Crippen molar-refractivity contribution in [1.29, 1.82) is 0 Å². The molecular formula is C14H31NO. The Labute approximate surface area is 102 Å². The van der Waals surface area contributed by atoms with E-state index in [0.29, 0.717) is 5.41 Å². The molecule has 98 valence electrons. The quantitative estimate of drug-likeness (QED) is 0.729. The lowest BCUT2D eigenvalue weighted by Gasteiger charge is -2.45. The molecule has 1 atom stereocenters. The minimum absolute atomic E-state index is 0.0674. The highest BCUT2D eigenvalue weighted by atomic mass is 16.5. The molecule has 0 spiro atoms. The van der Waals surface area contributed by atoms with E-state index in [9.17, 15) is 0 Å². The summed E-state index contributed by atoms with van der Waals surface area (Å²) < 4.78 is 6.15. The number of hydrogen-bond donors (Lipinski definition) is 1. The van der Waals surface area contributed by atoms with Crippen LogP contribution in [0.3, 0.4) is 0 Å². The lowest BCUT2D eigenvalue weighted by atomic mass is 9.69. The van der Waals surface area contributed by atoms with Gasteiger partial charge in [-0.05, 0) is 31.2 Å². The Hall–Kier alpha value is -0.0800. The first kappa shape index (κ1) is 15.9. The van der Waals surface area contributed by atoms with Gasteiger partial charge in [-0.15, -0.1) is 0 Å². The van der Waals surface area contributed by atoms with E-state index in [4.69, 9.17) is 4.74 Å². The van der Waals surface area contributed by atoms with Crippen LogP contribution in [0, 0.1) is 10.8 Å².